The third kappa shape index (κ3) is 10.3. The number of guanidine groups is 1. The van der Waals surface area contributed by atoms with Gasteiger partial charge in [0, 0.05) is 12.5 Å². The molecule has 0 spiro atoms. The highest BCUT2D eigenvalue weighted by molar-refractivity contribution is 6.43. The molecule has 0 saturated heterocycles. The van der Waals surface area contributed by atoms with Crippen LogP contribution in [0.4, 0.5) is 0 Å². The number of nitrogens with zero attached hydrogens (tertiary/aromatic N) is 2. The molecule has 1 aliphatic rings. The fourth-order valence-corrected chi connectivity index (χ4v) is 3.92. The Morgan fingerprint density at radius 1 is 1.25 bits per heavy atom. The van der Waals surface area contributed by atoms with Gasteiger partial charge in [0.15, 0.2) is 5.03 Å². The van der Waals surface area contributed by atoms with Crippen LogP contribution in [0, 0.1) is 27.9 Å². The molecule has 1 aliphatic carbocycles. The molecule has 1 fully saturated rings. The second-order valence-electron chi connectivity index (χ2n) is 8.87. The van der Waals surface area contributed by atoms with Crippen molar-refractivity contribution in [3.05, 3.63) is 10.1 Å². The van der Waals surface area contributed by atoms with E-state index in [2.05, 4.69) is 15.6 Å². The second kappa shape index (κ2) is 13.9. The number of hydrogen-bond donors (Lipinski definition) is 6. The van der Waals surface area contributed by atoms with Gasteiger partial charge in [0.1, 0.15) is 6.04 Å². The van der Waals surface area contributed by atoms with Gasteiger partial charge in [-0.2, -0.15) is 0 Å². The number of nitro groups is 1. The molecule has 0 aromatic carbocycles. The van der Waals surface area contributed by atoms with E-state index in [1.165, 1.54) is 0 Å². The van der Waals surface area contributed by atoms with Gasteiger partial charge in [-0.05, 0) is 43.9 Å². The van der Waals surface area contributed by atoms with Crippen molar-refractivity contribution in [2.45, 2.75) is 77.7 Å². The van der Waals surface area contributed by atoms with Gasteiger partial charge in [-0.3, -0.25) is 9.59 Å². The minimum Gasteiger partial charge on any atom is -0.426 e. The van der Waals surface area contributed by atoms with Crippen LogP contribution in [-0.2, 0) is 9.59 Å². The highest BCUT2D eigenvalue weighted by atomic mass is 16.7. The van der Waals surface area contributed by atoms with Gasteiger partial charge >= 0.3 is 7.12 Å². The number of hydrogen-bond acceptors (Lipinski definition) is 7. The number of carbonyl (C=O) groups is 2. The topological polar surface area (TPSA) is 192 Å². The number of nitrogens with one attached hydrogen (secondary N) is 3. The molecule has 13 heteroatoms. The van der Waals surface area contributed by atoms with Crippen LogP contribution in [0.3, 0.4) is 0 Å². The van der Waals surface area contributed by atoms with Crippen molar-refractivity contribution >= 4 is 24.9 Å². The van der Waals surface area contributed by atoms with Crippen LogP contribution in [0.25, 0.3) is 0 Å². The van der Waals surface area contributed by atoms with Crippen LogP contribution >= 0.6 is 0 Å². The summed E-state index contributed by atoms with van der Waals surface area (Å²) in [5.74, 6) is -1.76. The summed E-state index contributed by atoms with van der Waals surface area (Å²) in [6, 6.07) is -0.898. The van der Waals surface area contributed by atoms with Gasteiger partial charge in [-0.25, -0.2) is 15.1 Å². The van der Waals surface area contributed by atoms with Crippen molar-refractivity contribution < 1.29 is 24.7 Å². The predicted octanol–water partition coefficient (Wildman–Crippen LogP) is -0.283. The Balaban J connectivity index is 2.82. The molecular formula is C19H37BN6O6. The second-order valence-corrected chi connectivity index (χ2v) is 8.87. The molecule has 2 amide bonds. The number of rotatable bonds is 12. The summed E-state index contributed by atoms with van der Waals surface area (Å²) in [6.07, 6.45) is 4.66. The Bertz CT molecular complexity index is 662. The molecule has 4 atom stereocenters. The molecule has 0 bridgehead atoms. The summed E-state index contributed by atoms with van der Waals surface area (Å²) in [4.78, 5) is 40.0. The van der Waals surface area contributed by atoms with Crippen molar-refractivity contribution in [2.24, 2.45) is 28.5 Å². The zero-order valence-corrected chi connectivity index (χ0v) is 19.1. The number of carbonyl (C=O) groups excluding carboxylic acids is 2. The minimum atomic E-state index is -1.73. The molecule has 0 radical (unpaired) electrons. The largest absolute Gasteiger partial charge is 0.475 e. The molecule has 0 heterocycles. The van der Waals surface area contributed by atoms with Gasteiger partial charge in [-0.1, -0.05) is 39.0 Å². The maximum atomic E-state index is 12.9. The summed E-state index contributed by atoms with van der Waals surface area (Å²) >= 11 is 0. The van der Waals surface area contributed by atoms with E-state index in [4.69, 9.17) is 5.73 Å². The minimum absolute atomic E-state index is 0.115. The Morgan fingerprint density at radius 2 is 1.91 bits per heavy atom. The monoisotopic (exact) mass is 456 g/mol. The summed E-state index contributed by atoms with van der Waals surface area (Å²) < 4.78 is 0. The average Bonchev–Trinajstić information content (AvgIpc) is 2.68. The third-order valence-electron chi connectivity index (χ3n) is 5.63. The normalized spacial score (nSPS) is 20.9. The fraction of sp³-hybridized carbons (Fsp3) is 0.842. The smallest absolute Gasteiger partial charge is 0.426 e. The van der Waals surface area contributed by atoms with E-state index in [1.807, 2.05) is 20.8 Å². The van der Waals surface area contributed by atoms with E-state index >= 15 is 0 Å². The molecule has 1 saturated carbocycles. The van der Waals surface area contributed by atoms with Crippen LogP contribution in [0.15, 0.2) is 4.99 Å². The Labute approximate surface area is 189 Å². The fourth-order valence-electron chi connectivity index (χ4n) is 3.92. The SMILES string of the molecule is CC(C)C[C@H](NC(=O)[C@H](CCCN=C(N)N[N+](=O)[O-])NC(=O)C1CCCCC1C)B(O)O. The van der Waals surface area contributed by atoms with Gasteiger partial charge in [0.05, 0.1) is 5.94 Å². The van der Waals surface area contributed by atoms with Crippen LogP contribution in [0.5, 0.6) is 0 Å². The summed E-state index contributed by atoms with van der Waals surface area (Å²) in [5, 5.41) is 34.2. The number of amides is 2. The Hall–Kier alpha value is -2.41. The Morgan fingerprint density at radius 3 is 2.47 bits per heavy atom. The van der Waals surface area contributed by atoms with Crippen molar-refractivity contribution in [3.63, 3.8) is 0 Å². The van der Waals surface area contributed by atoms with Crippen molar-refractivity contribution in [3.8, 4) is 0 Å². The highest BCUT2D eigenvalue weighted by Gasteiger charge is 2.33. The zero-order valence-electron chi connectivity index (χ0n) is 19.1. The first-order valence-corrected chi connectivity index (χ1v) is 11.2. The molecule has 0 aromatic rings. The first-order chi connectivity index (χ1) is 15.0. The third-order valence-corrected chi connectivity index (χ3v) is 5.63. The van der Waals surface area contributed by atoms with Gasteiger partial charge in [0.2, 0.25) is 11.8 Å². The van der Waals surface area contributed by atoms with Crippen molar-refractivity contribution in [1.82, 2.24) is 16.1 Å². The average molecular weight is 456 g/mol. The molecule has 12 nitrogen and oxygen atoms in total. The summed E-state index contributed by atoms with van der Waals surface area (Å²) in [5.41, 5.74) is 7.12. The van der Waals surface area contributed by atoms with E-state index in [-0.39, 0.29) is 42.6 Å². The molecule has 1 rings (SSSR count). The standard InChI is InChI=1S/C19H37BN6O6/c1-12(2)11-16(20(29)30)24-18(28)15(9-6-10-22-19(21)25-26(31)32)23-17(27)14-8-5-4-7-13(14)3/h12-16,29-30H,4-11H2,1-3H3,(H,23,27)(H,24,28)(H3,21,22,25)/t13?,14?,15-,16-/m0/s1. The predicted molar refractivity (Wildman–Crippen MR) is 120 cm³/mol. The lowest BCUT2D eigenvalue weighted by molar-refractivity contribution is -0.525. The van der Waals surface area contributed by atoms with Gasteiger partial charge < -0.3 is 26.4 Å². The summed E-state index contributed by atoms with van der Waals surface area (Å²) in [6.45, 7) is 5.93. The lowest BCUT2D eigenvalue weighted by Crippen LogP contribution is -2.55. The van der Waals surface area contributed by atoms with Gasteiger partial charge in [-0.15, -0.1) is 0 Å². The lowest BCUT2D eigenvalue weighted by Gasteiger charge is -2.30. The van der Waals surface area contributed by atoms with Gasteiger partial charge in [0.25, 0.3) is 5.96 Å². The summed E-state index contributed by atoms with van der Waals surface area (Å²) in [7, 11) is -1.73. The van der Waals surface area contributed by atoms with Crippen molar-refractivity contribution in [1.29, 1.82) is 0 Å². The molecule has 32 heavy (non-hydrogen) atoms. The Kier molecular flexibility index (Phi) is 12.0. The number of nitrogens with two attached hydrogens (primary N) is 1. The van der Waals surface area contributed by atoms with E-state index in [1.54, 1.807) is 5.43 Å². The van der Waals surface area contributed by atoms with E-state index in [0.29, 0.717) is 12.8 Å². The maximum absolute atomic E-state index is 12.9. The first kappa shape index (κ1) is 27.6. The number of hydrazine groups is 1. The molecule has 7 N–H and O–H groups in total. The van der Waals surface area contributed by atoms with Crippen LogP contribution < -0.4 is 21.8 Å². The number of aliphatic imine (C=N–C) groups is 1. The zero-order chi connectivity index (χ0) is 24.3. The van der Waals surface area contributed by atoms with E-state index in [0.717, 1.165) is 25.7 Å². The first-order valence-electron chi connectivity index (χ1n) is 11.2. The molecule has 2 unspecified atom stereocenters. The molecule has 0 aliphatic heterocycles. The van der Waals surface area contributed by atoms with Crippen LogP contribution in [-0.4, -0.2) is 58.5 Å². The van der Waals surface area contributed by atoms with Crippen molar-refractivity contribution in [2.75, 3.05) is 6.54 Å². The van der Waals surface area contributed by atoms with E-state index in [9.17, 15) is 29.8 Å². The van der Waals surface area contributed by atoms with Crippen LogP contribution in [0.2, 0.25) is 0 Å². The van der Waals surface area contributed by atoms with E-state index < -0.39 is 30.0 Å². The highest BCUT2D eigenvalue weighted by Crippen LogP contribution is 2.29. The molecule has 182 valence electrons. The molecule has 0 aromatic heterocycles. The maximum Gasteiger partial charge on any atom is 0.475 e. The van der Waals surface area contributed by atoms with Crippen LogP contribution in [0.1, 0.15) is 65.7 Å². The quantitative estimate of drug-likeness (QED) is 0.0576. The lowest BCUT2D eigenvalue weighted by atomic mass is 9.75. The molecular weight excluding hydrogens is 419 g/mol.